The first kappa shape index (κ1) is 19.4. The zero-order valence-corrected chi connectivity index (χ0v) is 16.6. The number of rotatable bonds is 4. The van der Waals surface area contributed by atoms with Gasteiger partial charge in [-0.15, -0.1) is 0 Å². The summed E-state index contributed by atoms with van der Waals surface area (Å²) in [5.41, 5.74) is 0.325. The molecule has 5 aromatic carbocycles. The van der Waals surface area contributed by atoms with E-state index in [2.05, 4.69) is 0 Å². The molecule has 0 bridgehead atoms. The predicted octanol–water partition coefficient (Wildman–Crippen LogP) is 4.73. The van der Waals surface area contributed by atoms with Crippen molar-refractivity contribution in [2.75, 3.05) is 7.11 Å². The van der Waals surface area contributed by atoms with E-state index >= 15 is 0 Å². The quantitative estimate of drug-likeness (QED) is 0.185. The van der Waals surface area contributed by atoms with E-state index in [0.717, 1.165) is 0 Å². The number of fused-ring (bicyclic) bond motifs is 2. The van der Waals surface area contributed by atoms with E-state index in [4.69, 9.17) is 4.74 Å². The maximum Gasteiger partial charge on any atom is 0.338 e. The molecule has 0 amide bonds. The fraction of sp³-hybridized carbons (Fsp3) is 0.0400. The summed E-state index contributed by atoms with van der Waals surface area (Å²) in [6.45, 7) is 0. The molecule has 156 valence electrons. The number of carboxylic acid groups (broad SMARTS) is 2. The average molecular weight is 426 g/mol. The Bertz CT molecular complexity index is 1580. The largest absolute Gasteiger partial charge is 0.478 e. The van der Waals surface area contributed by atoms with Crippen molar-refractivity contribution in [1.29, 1.82) is 0 Å². The van der Waals surface area contributed by atoms with Gasteiger partial charge < -0.3 is 14.9 Å². The lowest BCUT2D eigenvalue weighted by Crippen LogP contribution is -2.06. The minimum absolute atomic E-state index is 0.113. The number of esters is 1. The van der Waals surface area contributed by atoms with Gasteiger partial charge in [-0.2, -0.15) is 0 Å². The Balaban J connectivity index is 2.14. The van der Waals surface area contributed by atoms with E-state index in [0.29, 0.717) is 49.6 Å². The molecule has 5 aromatic rings. The first-order valence-corrected chi connectivity index (χ1v) is 9.59. The highest BCUT2D eigenvalue weighted by Crippen LogP contribution is 2.43. The fourth-order valence-corrected chi connectivity index (χ4v) is 4.65. The number of hydrogen-bond donors (Lipinski definition) is 2. The van der Waals surface area contributed by atoms with Crippen LogP contribution in [0.1, 0.15) is 41.4 Å². The van der Waals surface area contributed by atoms with Gasteiger partial charge in [0.05, 0.1) is 23.8 Å². The molecule has 0 heterocycles. The lowest BCUT2D eigenvalue weighted by atomic mass is 9.84. The molecule has 7 heteroatoms. The summed E-state index contributed by atoms with van der Waals surface area (Å²) in [6, 6.07) is 12.6. The van der Waals surface area contributed by atoms with Gasteiger partial charge in [0.1, 0.15) is 0 Å². The average Bonchev–Trinajstić information content (AvgIpc) is 2.80. The first-order chi connectivity index (χ1) is 15.4. The Morgan fingerprint density at radius 3 is 1.53 bits per heavy atom. The van der Waals surface area contributed by atoms with Crippen molar-refractivity contribution in [3.05, 3.63) is 70.8 Å². The van der Waals surface area contributed by atoms with Crippen molar-refractivity contribution in [3.8, 4) is 0 Å². The minimum Gasteiger partial charge on any atom is -0.478 e. The van der Waals surface area contributed by atoms with Crippen molar-refractivity contribution in [3.63, 3.8) is 0 Å². The van der Waals surface area contributed by atoms with Crippen molar-refractivity contribution < 1.29 is 34.1 Å². The highest BCUT2D eigenvalue weighted by Gasteiger charge is 2.24. The second kappa shape index (κ2) is 6.75. The van der Waals surface area contributed by atoms with Crippen LogP contribution in [0.2, 0.25) is 0 Å². The van der Waals surface area contributed by atoms with Crippen LogP contribution in [0.5, 0.6) is 0 Å². The number of carbonyl (C=O) groups is 4. The predicted molar refractivity (Wildman–Crippen MR) is 118 cm³/mol. The van der Waals surface area contributed by atoms with Gasteiger partial charge in [0.25, 0.3) is 0 Å². The smallest absolute Gasteiger partial charge is 0.338 e. The molecule has 5 rings (SSSR count). The molecule has 0 unspecified atom stereocenters. The van der Waals surface area contributed by atoms with Crippen LogP contribution in [0.3, 0.4) is 0 Å². The Labute approximate surface area is 179 Å². The van der Waals surface area contributed by atoms with Crippen LogP contribution in [0.4, 0.5) is 0 Å². The Morgan fingerprint density at radius 2 is 1.09 bits per heavy atom. The zero-order chi connectivity index (χ0) is 22.7. The molecule has 0 saturated carbocycles. The molecule has 2 N–H and O–H groups in total. The van der Waals surface area contributed by atoms with Gasteiger partial charge >= 0.3 is 17.9 Å². The molecule has 0 fully saturated rings. The standard InChI is InChI=1S/C25H14O7/c1-32-25(31)18-9-6-13-15-5-8-17(24(29)30)22-16(23(27)28)7-4-14(21(15)22)12-3-2-11(10-26)19(18)20(12)13/h2-10H,1H3,(H,27,28)(H,29,30). The number of aldehydes is 1. The molecule has 7 nitrogen and oxygen atoms in total. The molecule has 0 saturated heterocycles. The maximum atomic E-state index is 12.4. The number of benzene rings is 5. The monoisotopic (exact) mass is 426 g/mol. The summed E-state index contributed by atoms with van der Waals surface area (Å²) in [7, 11) is 1.26. The topological polar surface area (TPSA) is 118 Å². The summed E-state index contributed by atoms with van der Waals surface area (Å²) in [5.74, 6) is -3.05. The van der Waals surface area contributed by atoms with Crippen molar-refractivity contribution in [2.24, 2.45) is 0 Å². The van der Waals surface area contributed by atoms with Crippen LogP contribution in [-0.2, 0) is 4.74 Å². The van der Waals surface area contributed by atoms with Gasteiger partial charge in [-0.3, -0.25) is 4.79 Å². The minimum atomic E-state index is -1.23. The van der Waals surface area contributed by atoms with Gasteiger partial charge in [0.2, 0.25) is 0 Å². The highest BCUT2D eigenvalue weighted by molar-refractivity contribution is 6.37. The van der Waals surface area contributed by atoms with Crippen molar-refractivity contribution >= 4 is 67.3 Å². The zero-order valence-electron chi connectivity index (χ0n) is 16.6. The van der Waals surface area contributed by atoms with Crippen LogP contribution < -0.4 is 0 Å². The van der Waals surface area contributed by atoms with Crippen LogP contribution in [0.15, 0.2) is 48.5 Å². The lowest BCUT2D eigenvalue weighted by Gasteiger charge is -2.18. The number of hydrogen-bond acceptors (Lipinski definition) is 5. The molecule has 0 aliphatic carbocycles. The third-order valence-electron chi connectivity index (χ3n) is 5.93. The van der Waals surface area contributed by atoms with Crippen LogP contribution in [0.25, 0.3) is 43.1 Å². The van der Waals surface area contributed by atoms with Crippen LogP contribution >= 0.6 is 0 Å². The van der Waals surface area contributed by atoms with Gasteiger partial charge in [0, 0.05) is 16.3 Å². The Hall–Kier alpha value is -4.52. The Kier molecular flexibility index (Phi) is 4.10. The van der Waals surface area contributed by atoms with E-state index in [1.165, 1.54) is 19.2 Å². The number of carbonyl (C=O) groups excluding carboxylic acids is 2. The summed E-state index contributed by atoms with van der Waals surface area (Å²) >= 11 is 0. The summed E-state index contributed by atoms with van der Waals surface area (Å²) in [5, 5.41) is 23.8. The van der Waals surface area contributed by atoms with Crippen molar-refractivity contribution in [2.45, 2.75) is 0 Å². The summed E-state index contributed by atoms with van der Waals surface area (Å²) < 4.78 is 4.90. The Morgan fingerprint density at radius 1 is 0.656 bits per heavy atom. The SMILES string of the molecule is COC(=O)c1ccc2c3ccc(C(=O)O)c4c(C(=O)O)ccc(c5ccc(C=O)c1c52)c43. The third-order valence-corrected chi connectivity index (χ3v) is 5.93. The first-order valence-electron chi connectivity index (χ1n) is 9.59. The van der Waals surface area contributed by atoms with Gasteiger partial charge in [0.15, 0.2) is 6.29 Å². The molecular formula is C25H14O7. The fourth-order valence-electron chi connectivity index (χ4n) is 4.65. The molecule has 0 aliphatic rings. The van der Waals surface area contributed by atoms with E-state index in [9.17, 15) is 29.4 Å². The van der Waals surface area contributed by atoms with Gasteiger partial charge in [-0.05, 0) is 50.5 Å². The number of methoxy groups -OCH3 is 1. The molecule has 0 spiro atoms. The van der Waals surface area contributed by atoms with Gasteiger partial charge in [-0.1, -0.05) is 30.3 Å². The third kappa shape index (κ3) is 2.42. The van der Waals surface area contributed by atoms with E-state index in [1.54, 1.807) is 36.4 Å². The number of ether oxygens (including phenoxy) is 1. The van der Waals surface area contributed by atoms with Gasteiger partial charge in [-0.25, -0.2) is 14.4 Å². The highest BCUT2D eigenvalue weighted by atomic mass is 16.5. The molecule has 0 aromatic heterocycles. The summed E-state index contributed by atoms with van der Waals surface area (Å²) in [6.07, 6.45) is 0.668. The lowest BCUT2D eigenvalue weighted by molar-refractivity contribution is 0.0601. The second-order valence-electron chi connectivity index (χ2n) is 7.40. The second-order valence-corrected chi connectivity index (χ2v) is 7.40. The van der Waals surface area contributed by atoms with E-state index in [-0.39, 0.29) is 22.1 Å². The molecular weight excluding hydrogens is 412 g/mol. The molecule has 32 heavy (non-hydrogen) atoms. The number of carboxylic acids is 2. The summed E-state index contributed by atoms with van der Waals surface area (Å²) in [4.78, 5) is 48.1. The maximum absolute atomic E-state index is 12.4. The van der Waals surface area contributed by atoms with Crippen LogP contribution in [-0.4, -0.2) is 41.5 Å². The molecule has 0 aliphatic heterocycles. The number of aromatic carboxylic acids is 2. The van der Waals surface area contributed by atoms with Crippen molar-refractivity contribution in [1.82, 2.24) is 0 Å². The molecule has 0 radical (unpaired) electrons. The van der Waals surface area contributed by atoms with E-state index < -0.39 is 17.9 Å². The normalized spacial score (nSPS) is 11.4. The molecule has 0 atom stereocenters. The van der Waals surface area contributed by atoms with Crippen LogP contribution in [0, 0.1) is 0 Å². The van der Waals surface area contributed by atoms with E-state index in [1.807, 2.05) is 0 Å².